The molecule has 0 amide bonds. The Labute approximate surface area is 143 Å². The Bertz CT molecular complexity index is 594. The lowest BCUT2D eigenvalue weighted by Gasteiger charge is -2.19. The van der Waals surface area contributed by atoms with Gasteiger partial charge in [-0.1, -0.05) is 12.1 Å². The maximum Gasteiger partial charge on any atom is 0.0480 e. The summed E-state index contributed by atoms with van der Waals surface area (Å²) in [6.45, 7) is 0. The lowest BCUT2D eigenvalue weighted by atomic mass is 9.95. The van der Waals surface area contributed by atoms with Gasteiger partial charge < -0.3 is 9.80 Å². The van der Waals surface area contributed by atoms with Crippen LogP contribution in [0, 0.1) is 0 Å². The van der Waals surface area contributed by atoms with Gasteiger partial charge in [-0.05, 0) is 46.5 Å². The van der Waals surface area contributed by atoms with Crippen LogP contribution in [0.25, 0.3) is 11.1 Å². The van der Waals surface area contributed by atoms with Gasteiger partial charge in [0.2, 0.25) is 0 Å². The molecule has 0 aliphatic heterocycles. The van der Waals surface area contributed by atoms with E-state index in [-0.39, 0.29) is 0 Å². The van der Waals surface area contributed by atoms with E-state index in [4.69, 9.17) is 23.2 Å². The molecule has 0 saturated heterocycles. The van der Waals surface area contributed by atoms with Crippen molar-refractivity contribution in [3.05, 3.63) is 47.5 Å². The molecular formula is C18H22Cl2N2. The minimum Gasteiger partial charge on any atom is -0.378 e. The zero-order valence-electron chi connectivity index (χ0n) is 13.5. The standard InChI is InChI=1S/C18H22Cl2N2/c1-21(2)15-5-7-17(13(9-15)11-19)18-8-6-16(22(3)4)10-14(18)12-20/h5-10H,11-12H2,1-4H3. The summed E-state index contributed by atoms with van der Waals surface area (Å²) in [5.74, 6) is 0.961. The second-order valence-corrected chi connectivity index (χ2v) is 6.27. The van der Waals surface area contributed by atoms with Crippen molar-refractivity contribution in [3.63, 3.8) is 0 Å². The summed E-state index contributed by atoms with van der Waals surface area (Å²) in [7, 11) is 8.12. The van der Waals surface area contributed by atoms with Gasteiger partial charge in [0.25, 0.3) is 0 Å². The molecule has 0 bridgehead atoms. The average Bonchev–Trinajstić information content (AvgIpc) is 2.53. The van der Waals surface area contributed by atoms with Crippen LogP contribution in [0.2, 0.25) is 0 Å². The summed E-state index contributed by atoms with van der Waals surface area (Å²) < 4.78 is 0. The van der Waals surface area contributed by atoms with Crippen molar-refractivity contribution in [2.75, 3.05) is 38.0 Å². The molecule has 2 aromatic rings. The Morgan fingerprint density at radius 2 is 1.05 bits per heavy atom. The largest absolute Gasteiger partial charge is 0.378 e. The van der Waals surface area contributed by atoms with Gasteiger partial charge in [0.05, 0.1) is 0 Å². The van der Waals surface area contributed by atoms with E-state index in [0.717, 1.165) is 33.6 Å². The van der Waals surface area contributed by atoms with Crippen LogP contribution in [0.3, 0.4) is 0 Å². The third-order valence-corrected chi connectivity index (χ3v) is 4.36. The molecule has 118 valence electrons. The van der Waals surface area contributed by atoms with Gasteiger partial charge in [0, 0.05) is 51.3 Å². The van der Waals surface area contributed by atoms with Gasteiger partial charge in [0.1, 0.15) is 0 Å². The number of nitrogens with zero attached hydrogens (tertiary/aromatic N) is 2. The third kappa shape index (κ3) is 3.50. The van der Waals surface area contributed by atoms with Crippen molar-refractivity contribution < 1.29 is 0 Å². The van der Waals surface area contributed by atoms with Crippen LogP contribution in [0.4, 0.5) is 11.4 Å². The summed E-state index contributed by atoms with van der Waals surface area (Å²) in [4.78, 5) is 4.16. The van der Waals surface area contributed by atoms with Crippen LogP contribution in [-0.2, 0) is 11.8 Å². The molecule has 0 saturated carbocycles. The number of benzene rings is 2. The van der Waals surface area contributed by atoms with Crippen molar-refractivity contribution in [3.8, 4) is 11.1 Å². The number of anilines is 2. The van der Waals surface area contributed by atoms with Gasteiger partial charge in [-0.2, -0.15) is 0 Å². The first-order valence-corrected chi connectivity index (χ1v) is 8.27. The van der Waals surface area contributed by atoms with Crippen molar-refractivity contribution in [1.82, 2.24) is 0 Å². The molecule has 4 heteroatoms. The predicted octanol–water partition coefficient (Wildman–Crippen LogP) is 4.96. The number of halogens is 2. The van der Waals surface area contributed by atoms with Crippen molar-refractivity contribution in [2.24, 2.45) is 0 Å². The van der Waals surface area contributed by atoms with Crippen molar-refractivity contribution in [1.29, 1.82) is 0 Å². The molecule has 0 fully saturated rings. The summed E-state index contributed by atoms with van der Waals surface area (Å²) in [6.07, 6.45) is 0. The topological polar surface area (TPSA) is 6.48 Å². The zero-order chi connectivity index (χ0) is 16.3. The highest BCUT2D eigenvalue weighted by Crippen LogP contribution is 2.33. The normalized spacial score (nSPS) is 10.6. The lowest BCUT2D eigenvalue weighted by Crippen LogP contribution is -2.10. The zero-order valence-corrected chi connectivity index (χ0v) is 15.0. The Morgan fingerprint density at radius 1 is 0.682 bits per heavy atom. The number of hydrogen-bond acceptors (Lipinski definition) is 2. The third-order valence-electron chi connectivity index (χ3n) is 3.79. The van der Waals surface area contributed by atoms with Gasteiger partial charge in [-0.15, -0.1) is 23.2 Å². The lowest BCUT2D eigenvalue weighted by molar-refractivity contribution is 1.12. The molecule has 2 nitrogen and oxygen atoms in total. The Balaban J connectivity index is 2.56. The van der Waals surface area contributed by atoms with Gasteiger partial charge in [-0.3, -0.25) is 0 Å². The summed E-state index contributed by atoms with van der Waals surface area (Å²) in [5, 5.41) is 0. The molecule has 22 heavy (non-hydrogen) atoms. The van der Waals surface area contributed by atoms with E-state index in [9.17, 15) is 0 Å². The highest BCUT2D eigenvalue weighted by molar-refractivity contribution is 6.18. The fourth-order valence-electron chi connectivity index (χ4n) is 2.46. The maximum atomic E-state index is 6.18. The molecule has 2 aromatic carbocycles. The maximum absolute atomic E-state index is 6.18. The van der Waals surface area contributed by atoms with Crippen LogP contribution >= 0.6 is 23.2 Å². The molecule has 0 heterocycles. The minimum atomic E-state index is 0.480. The summed E-state index contributed by atoms with van der Waals surface area (Å²) in [5.41, 5.74) is 6.85. The number of rotatable bonds is 5. The quantitative estimate of drug-likeness (QED) is 0.711. The molecule has 2 rings (SSSR count). The van der Waals surface area contributed by atoms with Crippen molar-refractivity contribution in [2.45, 2.75) is 11.8 Å². The van der Waals surface area contributed by atoms with E-state index < -0.39 is 0 Å². The molecule has 0 aliphatic carbocycles. The van der Waals surface area contributed by atoms with Gasteiger partial charge in [-0.25, -0.2) is 0 Å². The summed E-state index contributed by atoms with van der Waals surface area (Å²) in [6, 6.07) is 12.8. The molecule has 0 aliphatic rings. The minimum absolute atomic E-state index is 0.480. The Kier molecular flexibility index (Phi) is 5.60. The van der Waals surface area contributed by atoms with E-state index in [0.29, 0.717) is 11.8 Å². The van der Waals surface area contributed by atoms with Gasteiger partial charge in [0.15, 0.2) is 0 Å². The SMILES string of the molecule is CN(C)c1ccc(-c2ccc(N(C)C)cc2CCl)c(CCl)c1. The first kappa shape index (κ1) is 17.0. The van der Waals surface area contributed by atoms with E-state index >= 15 is 0 Å². The second-order valence-electron chi connectivity index (χ2n) is 5.74. The fraction of sp³-hybridized carbons (Fsp3) is 0.333. The number of hydrogen-bond donors (Lipinski definition) is 0. The van der Waals surface area contributed by atoms with Crippen LogP contribution in [0.1, 0.15) is 11.1 Å². The highest BCUT2D eigenvalue weighted by Gasteiger charge is 2.12. The fourth-order valence-corrected chi connectivity index (χ4v) is 2.91. The highest BCUT2D eigenvalue weighted by atomic mass is 35.5. The first-order valence-electron chi connectivity index (χ1n) is 7.20. The molecule has 0 radical (unpaired) electrons. The monoisotopic (exact) mass is 336 g/mol. The van der Waals surface area contributed by atoms with Crippen LogP contribution < -0.4 is 9.80 Å². The summed E-state index contributed by atoms with van der Waals surface area (Å²) >= 11 is 12.4. The molecule has 0 spiro atoms. The molecule has 0 N–H and O–H groups in total. The number of alkyl halides is 2. The van der Waals surface area contributed by atoms with E-state index in [1.165, 1.54) is 0 Å². The molecule has 0 aromatic heterocycles. The van der Waals surface area contributed by atoms with E-state index in [1.807, 2.05) is 28.2 Å². The average molecular weight is 337 g/mol. The Hall–Kier alpha value is -1.38. The van der Waals surface area contributed by atoms with Crippen molar-refractivity contribution >= 4 is 34.6 Å². The van der Waals surface area contributed by atoms with E-state index in [1.54, 1.807) is 0 Å². The predicted molar refractivity (Wildman–Crippen MR) is 99.6 cm³/mol. The van der Waals surface area contributed by atoms with Gasteiger partial charge >= 0.3 is 0 Å². The Morgan fingerprint density at radius 3 is 1.32 bits per heavy atom. The van der Waals surface area contributed by atoms with Crippen LogP contribution in [0.15, 0.2) is 36.4 Å². The smallest absolute Gasteiger partial charge is 0.0480 e. The first-order chi connectivity index (χ1) is 10.5. The molecule has 0 unspecified atom stereocenters. The van der Waals surface area contributed by atoms with E-state index in [2.05, 4.69) is 46.2 Å². The second kappa shape index (κ2) is 7.26. The van der Waals surface area contributed by atoms with Crippen LogP contribution in [0.5, 0.6) is 0 Å². The molecule has 0 atom stereocenters. The van der Waals surface area contributed by atoms with Crippen LogP contribution in [-0.4, -0.2) is 28.2 Å². The molecular weight excluding hydrogens is 315 g/mol.